The molecule has 10 nitrogen and oxygen atoms in total. The number of nitrogens with zero attached hydrogens (tertiary/aromatic N) is 4. The van der Waals surface area contributed by atoms with Crippen molar-refractivity contribution in [3.05, 3.63) is 16.7 Å². The lowest BCUT2D eigenvalue weighted by atomic mass is 10.1. The van der Waals surface area contributed by atoms with Crippen molar-refractivity contribution in [3.8, 4) is 0 Å². The van der Waals surface area contributed by atoms with Gasteiger partial charge in [0.2, 0.25) is 5.95 Å². The second-order valence-electron chi connectivity index (χ2n) is 5.27. The molecule has 0 aliphatic carbocycles. The van der Waals surface area contributed by atoms with E-state index in [2.05, 4.69) is 9.97 Å². The second kappa shape index (κ2) is 5.53. The van der Waals surface area contributed by atoms with Crippen LogP contribution in [0.4, 0.5) is 10.3 Å². The maximum absolute atomic E-state index is 13.5. The number of aliphatic hydroxyl groups is 3. The molecule has 2 aromatic rings. The fourth-order valence-electron chi connectivity index (χ4n) is 2.64. The Hall–Kier alpha value is -2.08. The normalized spacial score (nSPS) is 29.3. The molecule has 5 N–H and O–H groups in total. The fourth-order valence-corrected chi connectivity index (χ4v) is 2.64. The number of fused-ring (bicyclic) bond motifs is 1. The Labute approximate surface area is 128 Å². The quantitative estimate of drug-likeness (QED) is 0.519. The van der Waals surface area contributed by atoms with Crippen molar-refractivity contribution in [1.29, 1.82) is 0 Å². The molecule has 5 atom stereocenters. The molecule has 1 saturated heterocycles. The lowest BCUT2D eigenvalue weighted by Gasteiger charge is -2.17. The molecule has 0 amide bonds. The largest absolute Gasteiger partial charge is 0.394 e. The summed E-state index contributed by atoms with van der Waals surface area (Å²) in [6, 6.07) is 0. The first-order chi connectivity index (χ1) is 10.9. The lowest BCUT2D eigenvalue weighted by Crippen LogP contribution is -2.33. The van der Waals surface area contributed by atoms with E-state index >= 15 is 0 Å². The minimum Gasteiger partial charge on any atom is -0.394 e. The van der Waals surface area contributed by atoms with Crippen LogP contribution in [0, 0.1) is 0 Å². The molecular formula is C12H16FN5O5. The third-order valence-corrected chi connectivity index (χ3v) is 3.80. The van der Waals surface area contributed by atoms with Crippen molar-refractivity contribution in [2.45, 2.75) is 37.8 Å². The van der Waals surface area contributed by atoms with Crippen LogP contribution in [0.2, 0.25) is 0 Å². The third-order valence-electron chi connectivity index (χ3n) is 3.80. The van der Waals surface area contributed by atoms with Gasteiger partial charge in [-0.3, -0.25) is 9.36 Å². The first kappa shape index (κ1) is 15.8. The molecule has 3 rings (SSSR count). The van der Waals surface area contributed by atoms with Crippen molar-refractivity contribution in [2.75, 3.05) is 12.3 Å². The summed E-state index contributed by atoms with van der Waals surface area (Å²) in [6.45, 7) is 0.636. The van der Waals surface area contributed by atoms with Gasteiger partial charge in [-0.2, -0.15) is 4.98 Å². The van der Waals surface area contributed by atoms with Gasteiger partial charge in [0, 0.05) is 0 Å². The number of halogens is 1. The summed E-state index contributed by atoms with van der Waals surface area (Å²) in [7, 11) is 0. The highest BCUT2D eigenvalue weighted by molar-refractivity contribution is 5.71. The van der Waals surface area contributed by atoms with Gasteiger partial charge >= 0.3 is 0 Å². The molecule has 0 bridgehead atoms. The molecule has 11 heteroatoms. The van der Waals surface area contributed by atoms with Crippen LogP contribution in [0.3, 0.4) is 0 Å². The van der Waals surface area contributed by atoms with Crippen molar-refractivity contribution in [2.24, 2.45) is 0 Å². The zero-order chi connectivity index (χ0) is 16.9. The molecule has 0 aromatic carbocycles. The van der Waals surface area contributed by atoms with Crippen molar-refractivity contribution in [1.82, 2.24) is 19.1 Å². The van der Waals surface area contributed by atoms with Gasteiger partial charge in [-0.15, -0.1) is 0 Å². The topological polar surface area (TPSA) is 149 Å². The summed E-state index contributed by atoms with van der Waals surface area (Å²) in [6.07, 6.45) is -5.29. The van der Waals surface area contributed by atoms with Gasteiger partial charge in [0.05, 0.1) is 12.9 Å². The van der Waals surface area contributed by atoms with E-state index in [1.807, 2.05) is 0 Å². The number of ether oxygens (including phenoxy) is 1. The smallest absolute Gasteiger partial charge is 0.285 e. The standard InChI is InChI=1S/C12H16FN5O5/c1-4(13)18-10(22)6-9(16-12(18)14)17(3-15-6)11-8(21)7(20)5(2-19)23-11/h3-5,7-8,11,19-21H,2H2,1H3,(H2,14,16)/t4?,5-,7-,8-,11-/m1/s1. The maximum atomic E-state index is 13.5. The number of nitrogen functional groups attached to an aromatic ring is 1. The van der Waals surface area contributed by atoms with Gasteiger partial charge in [-0.05, 0) is 6.92 Å². The number of rotatable bonds is 3. The number of alkyl halides is 1. The van der Waals surface area contributed by atoms with E-state index in [1.165, 1.54) is 10.9 Å². The molecule has 1 unspecified atom stereocenters. The number of hydrogen-bond acceptors (Lipinski definition) is 8. The molecule has 0 saturated carbocycles. The number of aliphatic hydroxyl groups excluding tert-OH is 3. The van der Waals surface area contributed by atoms with Gasteiger partial charge in [-0.1, -0.05) is 0 Å². The lowest BCUT2D eigenvalue weighted by molar-refractivity contribution is -0.0511. The van der Waals surface area contributed by atoms with Crippen LogP contribution < -0.4 is 11.3 Å². The third kappa shape index (κ3) is 2.28. The van der Waals surface area contributed by atoms with Crippen LogP contribution in [0.5, 0.6) is 0 Å². The summed E-state index contributed by atoms with van der Waals surface area (Å²) in [4.78, 5) is 20.0. The van der Waals surface area contributed by atoms with Gasteiger partial charge in [0.1, 0.15) is 18.3 Å². The van der Waals surface area contributed by atoms with Gasteiger partial charge in [0.15, 0.2) is 23.7 Å². The summed E-state index contributed by atoms with van der Waals surface area (Å²) in [5.41, 5.74) is 4.67. The molecule has 1 aliphatic rings. The Morgan fingerprint density at radius 2 is 2.17 bits per heavy atom. The summed E-state index contributed by atoms with van der Waals surface area (Å²) < 4.78 is 20.7. The van der Waals surface area contributed by atoms with Crippen LogP contribution in [0.25, 0.3) is 11.2 Å². The molecule has 2 aromatic heterocycles. The van der Waals surface area contributed by atoms with E-state index in [-0.39, 0.29) is 17.1 Å². The minimum atomic E-state index is -1.68. The first-order valence-electron chi connectivity index (χ1n) is 6.88. The second-order valence-corrected chi connectivity index (χ2v) is 5.27. The summed E-state index contributed by atoms with van der Waals surface area (Å²) in [5, 5.41) is 28.9. The molecule has 1 fully saturated rings. The van der Waals surface area contributed by atoms with Gasteiger partial charge < -0.3 is 25.8 Å². The fraction of sp³-hybridized carbons (Fsp3) is 0.583. The van der Waals surface area contributed by atoms with Crippen LogP contribution in [0.1, 0.15) is 19.4 Å². The monoisotopic (exact) mass is 329 g/mol. The maximum Gasteiger partial charge on any atom is 0.285 e. The highest BCUT2D eigenvalue weighted by Gasteiger charge is 2.44. The molecule has 23 heavy (non-hydrogen) atoms. The molecule has 0 radical (unpaired) electrons. The number of aromatic nitrogens is 4. The van der Waals surface area contributed by atoms with E-state index in [0.29, 0.717) is 4.57 Å². The van der Waals surface area contributed by atoms with Crippen molar-refractivity contribution in [3.63, 3.8) is 0 Å². The molecule has 3 heterocycles. The highest BCUT2D eigenvalue weighted by Crippen LogP contribution is 2.31. The molecule has 126 valence electrons. The number of imidazole rings is 1. The van der Waals surface area contributed by atoms with Crippen LogP contribution in [-0.2, 0) is 4.74 Å². The Kier molecular flexibility index (Phi) is 3.80. The summed E-state index contributed by atoms with van der Waals surface area (Å²) in [5.74, 6) is -0.356. The Morgan fingerprint density at radius 3 is 2.74 bits per heavy atom. The van der Waals surface area contributed by atoms with Gasteiger partial charge in [-0.25, -0.2) is 13.9 Å². The van der Waals surface area contributed by atoms with E-state index in [9.17, 15) is 19.4 Å². The number of anilines is 1. The Bertz CT molecular complexity index is 790. The van der Waals surface area contributed by atoms with Crippen LogP contribution in [0.15, 0.2) is 11.1 Å². The summed E-state index contributed by atoms with van der Waals surface area (Å²) >= 11 is 0. The molecule has 1 aliphatic heterocycles. The van der Waals surface area contributed by atoms with Crippen LogP contribution >= 0.6 is 0 Å². The predicted octanol–water partition coefficient (Wildman–Crippen LogP) is -1.73. The first-order valence-corrected chi connectivity index (χ1v) is 6.88. The number of nitrogens with two attached hydrogens (primary N) is 1. The average molecular weight is 329 g/mol. The molecule has 0 spiro atoms. The highest BCUT2D eigenvalue weighted by atomic mass is 19.1. The zero-order valence-corrected chi connectivity index (χ0v) is 12.1. The van der Waals surface area contributed by atoms with E-state index in [0.717, 1.165) is 6.92 Å². The Balaban J connectivity index is 2.13. The van der Waals surface area contributed by atoms with Crippen molar-refractivity contribution >= 4 is 17.1 Å². The molecular weight excluding hydrogens is 313 g/mol. The zero-order valence-electron chi connectivity index (χ0n) is 12.1. The van der Waals surface area contributed by atoms with E-state index in [4.69, 9.17) is 15.6 Å². The SMILES string of the molecule is CC(F)n1c(N)nc2c(ncn2[C@@H]2O[C@H](CO)[C@@H](O)[C@H]2O)c1=O. The van der Waals surface area contributed by atoms with E-state index < -0.39 is 43.0 Å². The van der Waals surface area contributed by atoms with E-state index in [1.54, 1.807) is 0 Å². The number of hydrogen-bond donors (Lipinski definition) is 4. The Morgan fingerprint density at radius 1 is 1.48 bits per heavy atom. The minimum absolute atomic E-state index is 0.0146. The average Bonchev–Trinajstić information content (AvgIpc) is 3.01. The predicted molar refractivity (Wildman–Crippen MR) is 75.0 cm³/mol. The van der Waals surface area contributed by atoms with Gasteiger partial charge in [0.25, 0.3) is 5.56 Å². The van der Waals surface area contributed by atoms with Crippen molar-refractivity contribution < 1.29 is 24.4 Å². The van der Waals surface area contributed by atoms with Crippen LogP contribution in [-0.4, -0.2) is 59.3 Å².